The fourth-order valence-electron chi connectivity index (χ4n) is 2.43. The molecule has 0 saturated heterocycles. The van der Waals surface area contributed by atoms with Crippen LogP contribution in [0.4, 0.5) is 0 Å². The SMILES string of the molecule is Cc1nc2n(c(=O)c1CCN)CCCC2C. The molecule has 0 amide bonds. The Kier molecular flexibility index (Phi) is 3.10. The zero-order valence-corrected chi connectivity index (χ0v) is 9.99. The molecule has 1 unspecified atom stereocenters. The lowest BCUT2D eigenvalue weighted by Crippen LogP contribution is -2.33. The van der Waals surface area contributed by atoms with E-state index in [-0.39, 0.29) is 5.56 Å². The third kappa shape index (κ3) is 1.78. The minimum atomic E-state index is 0.125. The number of hydrogen-bond donors (Lipinski definition) is 1. The molecule has 1 atom stereocenters. The molecular formula is C12H19N3O. The van der Waals surface area contributed by atoms with Crippen LogP contribution in [0, 0.1) is 6.92 Å². The fourth-order valence-corrected chi connectivity index (χ4v) is 2.43. The van der Waals surface area contributed by atoms with Crippen molar-refractivity contribution in [2.75, 3.05) is 6.54 Å². The molecule has 2 heterocycles. The molecule has 1 aromatic rings. The second-order valence-electron chi connectivity index (χ2n) is 4.57. The molecule has 1 aliphatic heterocycles. The maximum absolute atomic E-state index is 12.2. The molecule has 4 nitrogen and oxygen atoms in total. The zero-order chi connectivity index (χ0) is 11.7. The molecule has 0 saturated carbocycles. The van der Waals surface area contributed by atoms with Crippen LogP contribution in [0.15, 0.2) is 4.79 Å². The van der Waals surface area contributed by atoms with E-state index in [1.165, 1.54) is 0 Å². The Hall–Kier alpha value is -1.16. The summed E-state index contributed by atoms with van der Waals surface area (Å²) in [7, 11) is 0. The summed E-state index contributed by atoms with van der Waals surface area (Å²) in [5, 5.41) is 0. The second kappa shape index (κ2) is 4.37. The van der Waals surface area contributed by atoms with Gasteiger partial charge in [0.1, 0.15) is 5.82 Å². The number of aryl methyl sites for hydroxylation is 1. The average molecular weight is 221 g/mol. The quantitative estimate of drug-likeness (QED) is 0.808. The molecule has 4 heteroatoms. The van der Waals surface area contributed by atoms with Crippen molar-refractivity contribution >= 4 is 0 Å². The van der Waals surface area contributed by atoms with E-state index in [1.54, 1.807) is 0 Å². The van der Waals surface area contributed by atoms with Gasteiger partial charge in [-0.25, -0.2) is 4.98 Å². The van der Waals surface area contributed by atoms with Crippen LogP contribution in [0.1, 0.15) is 42.8 Å². The average Bonchev–Trinajstić information content (AvgIpc) is 2.26. The normalized spacial score (nSPS) is 19.6. The molecular weight excluding hydrogens is 202 g/mol. The maximum atomic E-state index is 12.2. The Balaban J connectivity index is 2.58. The van der Waals surface area contributed by atoms with Crippen molar-refractivity contribution < 1.29 is 0 Å². The van der Waals surface area contributed by atoms with Crippen LogP contribution in [0.3, 0.4) is 0 Å². The number of fused-ring (bicyclic) bond motifs is 1. The van der Waals surface area contributed by atoms with E-state index in [1.807, 2.05) is 11.5 Å². The number of nitrogens with zero attached hydrogens (tertiary/aromatic N) is 2. The van der Waals surface area contributed by atoms with E-state index >= 15 is 0 Å². The van der Waals surface area contributed by atoms with Crippen LogP contribution in [0.25, 0.3) is 0 Å². The molecule has 0 fully saturated rings. The molecule has 2 N–H and O–H groups in total. The van der Waals surface area contributed by atoms with Gasteiger partial charge in [-0.05, 0) is 32.7 Å². The molecule has 0 radical (unpaired) electrons. The van der Waals surface area contributed by atoms with Gasteiger partial charge in [0.25, 0.3) is 5.56 Å². The van der Waals surface area contributed by atoms with Gasteiger partial charge in [-0.1, -0.05) is 6.92 Å². The van der Waals surface area contributed by atoms with E-state index < -0.39 is 0 Å². The third-order valence-corrected chi connectivity index (χ3v) is 3.35. The van der Waals surface area contributed by atoms with Crippen LogP contribution in [0.5, 0.6) is 0 Å². The smallest absolute Gasteiger partial charge is 0.256 e. The van der Waals surface area contributed by atoms with Gasteiger partial charge in [0.15, 0.2) is 0 Å². The van der Waals surface area contributed by atoms with Gasteiger partial charge < -0.3 is 5.73 Å². The minimum absolute atomic E-state index is 0.125. The molecule has 88 valence electrons. The number of hydrogen-bond acceptors (Lipinski definition) is 3. The van der Waals surface area contributed by atoms with Crippen molar-refractivity contribution in [2.24, 2.45) is 5.73 Å². The lowest BCUT2D eigenvalue weighted by Gasteiger charge is -2.24. The summed E-state index contributed by atoms with van der Waals surface area (Å²) in [6.07, 6.45) is 2.83. The topological polar surface area (TPSA) is 60.9 Å². The fraction of sp³-hybridized carbons (Fsp3) is 0.667. The van der Waals surface area contributed by atoms with Crippen LogP contribution in [0.2, 0.25) is 0 Å². The highest BCUT2D eigenvalue weighted by molar-refractivity contribution is 5.20. The van der Waals surface area contributed by atoms with E-state index in [0.29, 0.717) is 18.9 Å². The largest absolute Gasteiger partial charge is 0.330 e. The number of rotatable bonds is 2. The summed E-state index contributed by atoms with van der Waals surface area (Å²) < 4.78 is 1.84. The molecule has 0 bridgehead atoms. The summed E-state index contributed by atoms with van der Waals surface area (Å²) >= 11 is 0. The first-order chi connectivity index (χ1) is 7.65. The van der Waals surface area contributed by atoms with Gasteiger partial charge >= 0.3 is 0 Å². The molecule has 1 aromatic heterocycles. The van der Waals surface area contributed by atoms with E-state index in [4.69, 9.17) is 5.73 Å². The highest BCUT2D eigenvalue weighted by Crippen LogP contribution is 2.23. The van der Waals surface area contributed by atoms with E-state index in [2.05, 4.69) is 11.9 Å². The van der Waals surface area contributed by atoms with Gasteiger partial charge in [0.2, 0.25) is 0 Å². The zero-order valence-electron chi connectivity index (χ0n) is 9.99. The Morgan fingerprint density at radius 2 is 2.31 bits per heavy atom. The highest BCUT2D eigenvalue weighted by Gasteiger charge is 2.21. The van der Waals surface area contributed by atoms with Gasteiger partial charge in [0.05, 0.1) is 0 Å². The first-order valence-corrected chi connectivity index (χ1v) is 5.95. The standard InChI is InChI=1S/C12H19N3O/c1-8-4-3-7-15-11(8)14-9(2)10(5-6-13)12(15)16/h8H,3-7,13H2,1-2H3. The van der Waals surface area contributed by atoms with Crippen molar-refractivity contribution in [3.05, 3.63) is 27.4 Å². The Labute approximate surface area is 95.5 Å². The Morgan fingerprint density at radius 1 is 1.56 bits per heavy atom. The lowest BCUT2D eigenvalue weighted by atomic mass is 9.99. The van der Waals surface area contributed by atoms with Crippen molar-refractivity contribution in [1.82, 2.24) is 9.55 Å². The summed E-state index contributed by atoms with van der Waals surface area (Å²) in [5.74, 6) is 1.35. The van der Waals surface area contributed by atoms with Gasteiger partial charge in [-0.2, -0.15) is 0 Å². The van der Waals surface area contributed by atoms with E-state index in [9.17, 15) is 4.79 Å². The Bertz CT molecular complexity index is 450. The number of nitrogens with two attached hydrogens (primary N) is 1. The Morgan fingerprint density at radius 3 is 3.00 bits per heavy atom. The predicted molar refractivity (Wildman–Crippen MR) is 63.6 cm³/mol. The summed E-state index contributed by atoms with van der Waals surface area (Å²) in [5.41, 5.74) is 7.30. The van der Waals surface area contributed by atoms with Crippen LogP contribution in [-0.4, -0.2) is 16.1 Å². The van der Waals surface area contributed by atoms with Crippen LogP contribution >= 0.6 is 0 Å². The first kappa shape index (κ1) is 11.3. The molecule has 0 spiro atoms. The van der Waals surface area contributed by atoms with Crippen LogP contribution in [-0.2, 0) is 13.0 Å². The number of aromatic nitrogens is 2. The molecule has 2 rings (SSSR count). The summed E-state index contributed by atoms with van der Waals surface area (Å²) in [4.78, 5) is 16.8. The van der Waals surface area contributed by atoms with Gasteiger partial charge in [0, 0.05) is 23.7 Å². The molecule has 0 aliphatic carbocycles. The van der Waals surface area contributed by atoms with Crippen LogP contribution < -0.4 is 11.3 Å². The first-order valence-electron chi connectivity index (χ1n) is 5.95. The maximum Gasteiger partial charge on any atom is 0.256 e. The third-order valence-electron chi connectivity index (χ3n) is 3.35. The highest BCUT2D eigenvalue weighted by atomic mass is 16.1. The van der Waals surface area contributed by atoms with Crippen molar-refractivity contribution in [3.8, 4) is 0 Å². The van der Waals surface area contributed by atoms with Crippen molar-refractivity contribution in [3.63, 3.8) is 0 Å². The molecule has 16 heavy (non-hydrogen) atoms. The van der Waals surface area contributed by atoms with Gasteiger partial charge in [-0.3, -0.25) is 9.36 Å². The van der Waals surface area contributed by atoms with E-state index in [0.717, 1.165) is 36.5 Å². The molecule has 0 aromatic carbocycles. The summed E-state index contributed by atoms with van der Waals surface area (Å²) in [6, 6.07) is 0. The lowest BCUT2D eigenvalue weighted by molar-refractivity contribution is 0.437. The van der Waals surface area contributed by atoms with Gasteiger partial charge in [-0.15, -0.1) is 0 Å². The minimum Gasteiger partial charge on any atom is -0.330 e. The molecule has 1 aliphatic rings. The predicted octanol–water partition coefficient (Wildman–Crippen LogP) is 0.950. The second-order valence-corrected chi connectivity index (χ2v) is 4.57. The van der Waals surface area contributed by atoms with Crippen molar-refractivity contribution in [1.29, 1.82) is 0 Å². The van der Waals surface area contributed by atoms with Crippen molar-refractivity contribution in [2.45, 2.75) is 45.6 Å². The monoisotopic (exact) mass is 221 g/mol. The summed E-state index contributed by atoms with van der Waals surface area (Å²) in [6.45, 7) is 5.37.